The van der Waals surface area contributed by atoms with E-state index in [0.717, 1.165) is 19.3 Å². The van der Waals surface area contributed by atoms with E-state index in [2.05, 4.69) is 26.0 Å². The average Bonchev–Trinajstić information content (AvgIpc) is 3.11. The second kappa shape index (κ2) is 11.6. The smallest absolute Gasteiger partial charge is 0.339 e. The number of carbonyl (C=O) groups excluding carboxylic acids is 2. The van der Waals surface area contributed by atoms with Gasteiger partial charge in [0.05, 0.1) is 19.3 Å². The lowest BCUT2D eigenvalue weighted by Gasteiger charge is -2.13. The van der Waals surface area contributed by atoms with Crippen molar-refractivity contribution in [1.82, 2.24) is 0 Å². The molecule has 31 heavy (non-hydrogen) atoms. The SMILES string of the molecule is COc1cc2c(c(O)c1OCC/C=C(\C)CC/C=C(\C)CCC(=O)C(C)C)COC2=O. The second-order valence-electron chi connectivity index (χ2n) is 8.26. The van der Waals surface area contributed by atoms with E-state index in [1.807, 2.05) is 13.8 Å². The minimum atomic E-state index is -0.468. The van der Waals surface area contributed by atoms with Gasteiger partial charge >= 0.3 is 5.97 Å². The van der Waals surface area contributed by atoms with Gasteiger partial charge in [-0.3, -0.25) is 4.79 Å². The molecule has 170 valence electrons. The molecule has 0 aliphatic carbocycles. The fourth-order valence-electron chi connectivity index (χ4n) is 3.33. The van der Waals surface area contributed by atoms with Crippen LogP contribution in [-0.4, -0.2) is 30.6 Å². The van der Waals surface area contributed by atoms with Crippen molar-refractivity contribution in [2.45, 2.75) is 66.4 Å². The van der Waals surface area contributed by atoms with Crippen LogP contribution in [0.5, 0.6) is 17.2 Å². The fraction of sp³-hybridized carbons (Fsp3) is 0.520. The van der Waals surface area contributed by atoms with E-state index in [1.54, 1.807) is 6.07 Å². The monoisotopic (exact) mass is 430 g/mol. The maximum absolute atomic E-state index is 11.7. The van der Waals surface area contributed by atoms with Crippen LogP contribution in [0.15, 0.2) is 29.4 Å². The van der Waals surface area contributed by atoms with Crippen LogP contribution in [-0.2, 0) is 16.1 Å². The van der Waals surface area contributed by atoms with Gasteiger partial charge in [0.25, 0.3) is 0 Å². The van der Waals surface area contributed by atoms with Crippen LogP contribution < -0.4 is 9.47 Å². The fourth-order valence-corrected chi connectivity index (χ4v) is 3.33. The van der Waals surface area contributed by atoms with Crippen molar-refractivity contribution in [3.63, 3.8) is 0 Å². The Morgan fingerprint density at radius 1 is 1.16 bits per heavy atom. The molecule has 0 saturated heterocycles. The molecule has 0 unspecified atom stereocenters. The number of allylic oxidation sites excluding steroid dienone is 3. The van der Waals surface area contributed by atoms with E-state index in [-0.39, 0.29) is 24.0 Å². The summed E-state index contributed by atoms with van der Waals surface area (Å²) in [6, 6.07) is 1.55. The van der Waals surface area contributed by atoms with Gasteiger partial charge in [0.1, 0.15) is 12.4 Å². The van der Waals surface area contributed by atoms with Gasteiger partial charge in [0, 0.05) is 17.9 Å². The zero-order valence-corrected chi connectivity index (χ0v) is 19.2. The van der Waals surface area contributed by atoms with Crippen LogP contribution >= 0.6 is 0 Å². The van der Waals surface area contributed by atoms with Gasteiger partial charge in [-0.15, -0.1) is 0 Å². The molecule has 1 aromatic carbocycles. The number of methoxy groups -OCH3 is 1. The number of carbonyl (C=O) groups is 2. The Hall–Kier alpha value is -2.76. The standard InChI is InChI=1S/C25H34O6/c1-16(2)21(26)12-11-18(4)9-6-8-17(3)10-7-13-30-24-22(29-5)14-19-20(23(24)27)15-31-25(19)28/h9-10,14,16,27H,6-8,11-13,15H2,1-5H3/b17-10+,18-9+. The van der Waals surface area contributed by atoms with Crippen LogP contribution in [0.4, 0.5) is 0 Å². The molecule has 6 heteroatoms. The number of hydrogen-bond donors (Lipinski definition) is 1. The summed E-state index contributed by atoms with van der Waals surface area (Å²) in [5.41, 5.74) is 3.26. The number of ketones is 1. The average molecular weight is 431 g/mol. The van der Waals surface area contributed by atoms with Crippen LogP contribution in [0.3, 0.4) is 0 Å². The molecule has 1 N–H and O–H groups in total. The molecule has 1 heterocycles. The quantitative estimate of drug-likeness (QED) is 0.267. The molecule has 2 rings (SSSR count). The zero-order chi connectivity index (χ0) is 23.0. The lowest BCUT2D eigenvalue weighted by Crippen LogP contribution is -2.06. The van der Waals surface area contributed by atoms with Crippen molar-refractivity contribution in [1.29, 1.82) is 0 Å². The highest BCUT2D eigenvalue weighted by atomic mass is 16.5. The predicted octanol–water partition coefficient (Wildman–Crippen LogP) is 5.52. The molecule has 0 aromatic heterocycles. The van der Waals surface area contributed by atoms with Gasteiger partial charge in [0.15, 0.2) is 11.5 Å². The Labute approximate surface area is 184 Å². The molecule has 0 radical (unpaired) electrons. The van der Waals surface area contributed by atoms with Gasteiger partial charge in [-0.25, -0.2) is 4.79 Å². The Morgan fingerprint density at radius 2 is 1.84 bits per heavy atom. The van der Waals surface area contributed by atoms with Crippen molar-refractivity contribution in [2.75, 3.05) is 13.7 Å². The number of Topliss-reactive ketones (excluding diaryl/α,β-unsaturated/α-hetero) is 1. The second-order valence-corrected chi connectivity index (χ2v) is 8.26. The summed E-state index contributed by atoms with van der Waals surface area (Å²) < 4.78 is 16.0. The lowest BCUT2D eigenvalue weighted by atomic mass is 10.0. The Morgan fingerprint density at radius 3 is 2.52 bits per heavy atom. The first-order chi connectivity index (χ1) is 14.7. The highest BCUT2D eigenvalue weighted by molar-refractivity contribution is 5.95. The summed E-state index contributed by atoms with van der Waals surface area (Å²) in [6.45, 7) is 8.46. The molecule has 0 fully saturated rings. The van der Waals surface area contributed by atoms with Crippen molar-refractivity contribution >= 4 is 11.8 Å². The number of rotatable bonds is 12. The van der Waals surface area contributed by atoms with Crippen molar-refractivity contribution in [3.8, 4) is 17.2 Å². The van der Waals surface area contributed by atoms with Gasteiger partial charge < -0.3 is 19.3 Å². The first-order valence-corrected chi connectivity index (χ1v) is 10.8. The largest absolute Gasteiger partial charge is 0.504 e. The summed E-state index contributed by atoms with van der Waals surface area (Å²) in [6.07, 6.45) is 8.35. The molecule has 1 aliphatic heterocycles. The van der Waals surface area contributed by atoms with Crippen molar-refractivity contribution in [2.24, 2.45) is 5.92 Å². The highest BCUT2D eigenvalue weighted by Crippen LogP contribution is 2.44. The third-order valence-corrected chi connectivity index (χ3v) is 5.41. The molecule has 0 bridgehead atoms. The van der Waals surface area contributed by atoms with E-state index in [0.29, 0.717) is 42.1 Å². The molecule has 6 nitrogen and oxygen atoms in total. The van der Waals surface area contributed by atoms with Crippen LogP contribution in [0.1, 0.15) is 75.7 Å². The maximum atomic E-state index is 11.7. The van der Waals surface area contributed by atoms with Gasteiger partial charge in [-0.2, -0.15) is 0 Å². The topological polar surface area (TPSA) is 82.1 Å². The normalized spacial score (nSPS) is 13.9. The molecule has 0 atom stereocenters. The number of esters is 1. The number of aromatic hydroxyl groups is 1. The van der Waals surface area contributed by atoms with Crippen molar-refractivity contribution < 1.29 is 28.9 Å². The summed E-state index contributed by atoms with van der Waals surface area (Å²) in [7, 11) is 1.46. The molecule has 1 aliphatic rings. The van der Waals surface area contributed by atoms with Gasteiger partial charge in [-0.05, 0) is 45.6 Å². The minimum Gasteiger partial charge on any atom is -0.504 e. The molecule has 1 aromatic rings. The van der Waals surface area contributed by atoms with E-state index in [1.165, 1.54) is 18.3 Å². The predicted molar refractivity (Wildman–Crippen MR) is 120 cm³/mol. The van der Waals surface area contributed by atoms with Gasteiger partial charge in [0.2, 0.25) is 5.75 Å². The summed E-state index contributed by atoms with van der Waals surface area (Å²) in [5, 5.41) is 10.4. The molecular formula is C25H34O6. The van der Waals surface area contributed by atoms with E-state index in [4.69, 9.17) is 14.2 Å². The summed E-state index contributed by atoms with van der Waals surface area (Å²) in [4.78, 5) is 23.4. The lowest BCUT2D eigenvalue weighted by molar-refractivity contribution is -0.121. The number of ether oxygens (including phenoxy) is 3. The molecule has 0 amide bonds. The van der Waals surface area contributed by atoms with Crippen LogP contribution in [0.2, 0.25) is 0 Å². The Kier molecular flexibility index (Phi) is 9.16. The molecular weight excluding hydrogens is 396 g/mol. The first-order valence-electron chi connectivity index (χ1n) is 10.8. The minimum absolute atomic E-state index is 0.0396. The summed E-state index contributed by atoms with van der Waals surface area (Å²) >= 11 is 0. The van der Waals surface area contributed by atoms with Crippen LogP contribution in [0.25, 0.3) is 0 Å². The van der Waals surface area contributed by atoms with Crippen LogP contribution in [0, 0.1) is 5.92 Å². The third-order valence-electron chi connectivity index (χ3n) is 5.41. The Bertz CT molecular complexity index is 863. The number of fused-ring (bicyclic) bond motifs is 1. The number of hydrogen-bond acceptors (Lipinski definition) is 6. The molecule has 0 spiro atoms. The maximum Gasteiger partial charge on any atom is 0.339 e. The third kappa shape index (κ3) is 6.88. The van der Waals surface area contributed by atoms with E-state index in [9.17, 15) is 14.7 Å². The first kappa shape index (κ1) is 24.5. The zero-order valence-electron chi connectivity index (χ0n) is 19.2. The van der Waals surface area contributed by atoms with E-state index < -0.39 is 5.97 Å². The number of phenols is 1. The number of phenolic OH excluding ortho intramolecular Hbond substituents is 1. The summed E-state index contributed by atoms with van der Waals surface area (Å²) in [5.74, 6) is 0.401. The van der Waals surface area contributed by atoms with E-state index >= 15 is 0 Å². The molecule has 0 saturated carbocycles. The van der Waals surface area contributed by atoms with Crippen molar-refractivity contribution in [3.05, 3.63) is 40.5 Å². The number of cyclic esters (lactones) is 1. The number of benzene rings is 1. The highest BCUT2D eigenvalue weighted by Gasteiger charge is 2.29. The van der Waals surface area contributed by atoms with Gasteiger partial charge in [-0.1, -0.05) is 37.1 Å². The Balaban J connectivity index is 1.81.